The van der Waals surface area contributed by atoms with Gasteiger partial charge in [0, 0.05) is 30.1 Å². The summed E-state index contributed by atoms with van der Waals surface area (Å²) in [5.41, 5.74) is 2.51. The summed E-state index contributed by atoms with van der Waals surface area (Å²) < 4.78 is 69.3. The lowest BCUT2D eigenvalue weighted by Gasteiger charge is -2.21. The number of aliphatic hydroxyl groups is 2. The molecule has 0 saturated heterocycles. The molecule has 7 rings (SSSR count). The Morgan fingerprint density at radius 3 is 2.40 bits per heavy atom. The highest BCUT2D eigenvalue weighted by Gasteiger charge is 2.44. The molecule has 3 aromatic heterocycles. The number of halogens is 3. The monoisotopic (exact) mass is 696 g/mol. The highest BCUT2D eigenvalue weighted by atomic mass is 32.2. The number of hydrogen-bond acceptors (Lipinski definition) is 11. The zero-order valence-electron chi connectivity index (χ0n) is 25.6. The Bertz CT molecular complexity index is 2090. The zero-order valence-corrected chi connectivity index (χ0v) is 27.2. The summed E-state index contributed by atoms with van der Waals surface area (Å²) in [6.45, 7) is 1.49. The maximum Gasteiger partial charge on any atom is 0.225 e. The number of fused-ring (bicyclic) bond motifs is 1. The van der Waals surface area contributed by atoms with E-state index in [0.29, 0.717) is 22.2 Å². The molecule has 0 spiro atoms. The minimum absolute atomic E-state index is 0.0475. The molecule has 5 aromatic rings. The van der Waals surface area contributed by atoms with E-state index in [4.69, 9.17) is 4.98 Å². The number of nitrogens with zero attached hydrogens (tertiary/aromatic N) is 4. The van der Waals surface area contributed by atoms with Crippen molar-refractivity contribution in [1.29, 1.82) is 0 Å². The van der Waals surface area contributed by atoms with Crippen LogP contribution in [0.3, 0.4) is 0 Å². The van der Waals surface area contributed by atoms with Gasteiger partial charge in [0.1, 0.15) is 39.9 Å². The van der Waals surface area contributed by atoms with Gasteiger partial charge in [-0.1, -0.05) is 6.07 Å². The van der Waals surface area contributed by atoms with Gasteiger partial charge in [-0.25, -0.2) is 31.6 Å². The lowest BCUT2D eigenvalue weighted by molar-refractivity contribution is 0.0216. The molecule has 10 nitrogen and oxygen atoms in total. The number of benzene rings is 2. The Balaban J connectivity index is 1.22. The van der Waals surface area contributed by atoms with Gasteiger partial charge < -0.3 is 20.8 Å². The lowest BCUT2D eigenvalue weighted by atomic mass is 10.1. The van der Waals surface area contributed by atoms with Gasteiger partial charge in [-0.3, -0.25) is 4.98 Å². The van der Waals surface area contributed by atoms with Crippen molar-refractivity contribution in [2.75, 3.05) is 16.4 Å². The molecule has 2 aromatic carbocycles. The standard InChI is InChI=1S/C33H31F3N6O4S2/c1-16-26(32-41-28-25(47-32)11-12-37-27(28)17-5-6-17)31(42-33(39-16)38-14-21-22(35)3-2-4-23(21)36)40-24-13-18(29(43)30(24)44)15-48(45,46)20-9-7-19(34)8-10-20/h2-4,7-12,17-18,24,29-30,43-44H,5-6,13-15H2,1H3,(H2,38,39,40,42)/t18-,24-,29-,30+/m1/s1. The van der Waals surface area contributed by atoms with Crippen molar-refractivity contribution < 1.29 is 31.8 Å². The number of sulfone groups is 1. The molecule has 2 aliphatic rings. The first-order valence-corrected chi connectivity index (χ1v) is 17.9. The normalized spacial score (nSPS) is 21.1. The highest BCUT2D eigenvalue weighted by Crippen LogP contribution is 2.44. The molecule has 48 heavy (non-hydrogen) atoms. The molecule has 15 heteroatoms. The van der Waals surface area contributed by atoms with Crippen LogP contribution in [-0.4, -0.2) is 62.6 Å². The van der Waals surface area contributed by atoms with Crippen molar-refractivity contribution in [3.63, 3.8) is 0 Å². The summed E-state index contributed by atoms with van der Waals surface area (Å²) >= 11 is 1.42. The predicted octanol–water partition coefficient (Wildman–Crippen LogP) is 5.36. The minimum atomic E-state index is -3.92. The number of pyridine rings is 1. The number of aryl methyl sites for hydroxylation is 1. The maximum absolute atomic E-state index is 14.4. The number of thiazole rings is 1. The quantitative estimate of drug-likeness (QED) is 0.141. The van der Waals surface area contributed by atoms with Gasteiger partial charge in [0.25, 0.3) is 0 Å². The molecular formula is C33H31F3N6O4S2. The SMILES string of the molecule is Cc1nc(NCc2c(F)cccc2F)nc(N[C@@H]2C[C@H](CS(=O)(=O)c3ccc(F)cc3)[C@@H](O)[C@H]2O)c1-c1nc2c(C3CC3)nccc2s1. The minimum Gasteiger partial charge on any atom is -0.390 e. The van der Waals surface area contributed by atoms with E-state index >= 15 is 0 Å². The topological polar surface area (TPSA) is 150 Å². The summed E-state index contributed by atoms with van der Waals surface area (Å²) in [6, 6.07) is 9.05. The zero-order chi connectivity index (χ0) is 33.7. The summed E-state index contributed by atoms with van der Waals surface area (Å²) in [5, 5.41) is 28.7. The second-order valence-electron chi connectivity index (χ2n) is 12.2. The average Bonchev–Trinajstić information content (AvgIpc) is 3.75. The second kappa shape index (κ2) is 12.7. The maximum atomic E-state index is 14.4. The first-order chi connectivity index (χ1) is 23.0. The Morgan fingerprint density at radius 2 is 1.69 bits per heavy atom. The molecule has 0 aliphatic heterocycles. The van der Waals surface area contributed by atoms with E-state index in [0.717, 1.165) is 65.2 Å². The van der Waals surface area contributed by atoms with E-state index in [1.54, 1.807) is 13.1 Å². The third-order valence-corrected chi connectivity index (χ3v) is 11.7. The van der Waals surface area contributed by atoms with Crippen LogP contribution in [-0.2, 0) is 16.4 Å². The number of anilines is 2. The number of nitrogens with one attached hydrogen (secondary N) is 2. The highest BCUT2D eigenvalue weighted by molar-refractivity contribution is 7.91. The molecule has 0 radical (unpaired) electrons. The Labute approximate surface area is 278 Å². The fraction of sp³-hybridized carbons (Fsp3) is 0.333. The van der Waals surface area contributed by atoms with Crippen LogP contribution in [0.2, 0.25) is 0 Å². The largest absolute Gasteiger partial charge is 0.390 e. The van der Waals surface area contributed by atoms with Gasteiger partial charge in [0.05, 0.1) is 44.4 Å². The molecule has 0 amide bonds. The van der Waals surface area contributed by atoms with Crippen LogP contribution in [0.1, 0.15) is 42.1 Å². The molecule has 3 heterocycles. The third-order valence-electron chi connectivity index (χ3n) is 8.82. The molecular weight excluding hydrogens is 666 g/mol. The van der Waals surface area contributed by atoms with E-state index in [2.05, 4.69) is 25.6 Å². The van der Waals surface area contributed by atoms with Crippen molar-refractivity contribution in [3.05, 3.63) is 89.1 Å². The van der Waals surface area contributed by atoms with Gasteiger partial charge in [-0.15, -0.1) is 11.3 Å². The fourth-order valence-electron chi connectivity index (χ4n) is 6.15. The van der Waals surface area contributed by atoms with Crippen LogP contribution in [0, 0.1) is 30.3 Å². The van der Waals surface area contributed by atoms with Gasteiger partial charge in [0.15, 0.2) is 9.84 Å². The van der Waals surface area contributed by atoms with Crippen LogP contribution < -0.4 is 10.6 Å². The van der Waals surface area contributed by atoms with Crippen LogP contribution in [0.25, 0.3) is 20.8 Å². The molecule has 250 valence electrons. The third kappa shape index (κ3) is 6.34. The first kappa shape index (κ1) is 32.4. The van der Waals surface area contributed by atoms with E-state index in [-0.39, 0.29) is 35.2 Å². The van der Waals surface area contributed by atoms with Crippen LogP contribution >= 0.6 is 11.3 Å². The van der Waals surface area contributed by atoms with Gasteiger partial charge in [-0.05, 0) is 68.7 Å². The Hall–Kier alpha value is -4.18. The summed E-state index contributed by atoms with van der Waals surface area (Å²) in [5.74, 6) is -2.73. The van der Waals surface area contributed by atoms with Crippen LogP contribution in [0.15, 0.2) is 59.6 Å². The van der Waals surface area contributed by atoms with E-state index in [1.165, 1.54) is 17.4 Å². The number of rotatable bonds is 10. The van der Waals surface area contributed by atoms with Crippen molar-refractivity contribution in [2.45, 2.75) is 61.8 Å². The second-order valence-corrected chi connectivity index (χ2v) is 15.3. The van der Waals surface area contributed by atoms with Gasteiger partial charge >= 0.3 is 0 Å². The van der Waals surface area contributed by atoms with E-state index in [1.807, 2.05) is 6.07 Å². The molecule has 0 unspecified atom stereocenters. The Morgan fingerprint density at radius 1 is 0.958 bits per heavy atom. The number of hydrogen-bond donors (Lipinski definition) is 4. The molecule has 2 fully saturated rings. The van der Waals surface area contributed by atoms with E-state index < -0.39 is 57.2 Å². The number of aliphatic hydroxyl groups excluding tert-OH is 2. The van der Waals surface area contributed by atoms with Crippen molar-refractivity contribution >= 4 is 43.2 Å². The molecule has 0 bridgehead atoms. The van der Waals surface area contributed by atoms with E-state index in [9.17, 15) is 31.8 Å². The Kier molecular flexibility index (Phi) is 8.56. The molecule has 4 atom stereocenters. The van der Waals surface area contributed by atoms with Crippen molar-refractivity contribution in [2.24, 2.45) is 5.92 Å². The van der Waals surface area contributed by atoms with Crippen molar-refractivity contribution in [3.8, 4) is 10.6 Å². The van der Waals surface area contributed by atoms with Crippen molar-refractivity contribution in [1.82, 2.24) is 19.9 Å². The fourth-order valence-corrected chi connectivity index (χ4v) is 8.85. The summed E-state index contributed by atoms with van der Waals surface area (Å²) in [4.78, 5) is 18.6. The predicted molar refractivity (Wildman–Crippen MR) is 175 cm³/mol. The van der Waals surface area contributed by atoms with Gasteiger partial charge in [-0.2, -0.15) is 4.98 Å². The number of aromatic nitrogens is 4. The van der Waals surface area contributed by atoms with Gasteiger partial charge in [0.2, 0.25) is 5.95 Å². The molecule has 4 N–H and O–H groups in total. The molecule has 2 saturated carbocycles. The first-order valence-electron chi connectivity index (χ1n) is 15.4. The average molecular weight is 697 g/mol. The smallest absolute Gasteiger partial charge is 0.225 e. The summed E-state index contributed by atoms with van der Waals surface area (Å²) in [6.07, 6.45) is 1.13. The van der Waals surface area contributed by atoms with Crippen LogP contribution in [0.4, 0.5) is 24.9 Å². The molecule has 2 aliphatic carbocycles. The van der Waals surface area contributed by atoms with Crippen LogP contribution in [0.5, 0.6) is 0 Å². The summed E-state index contributed by atoms with van der Waals surface area (Å²) in [7, 11) is -3.92. The lowest BCUT2D eigenvalue weighted by Crippen LogP contribution is -2.36.